The minimum atomic E-state index is -0.539. The van der Waals surface area contributed by atoms with E-state index < -0.39 is 5.82 Å². The van der Waals surface area contributed by atoms with Crippen molar-refractivity contribution >= 4 is 23.3 Å². The predicted molar refractivity (Wildman–Crippen MR) is 118 cm³/mol. The Morgan fingerprint density at radius 2 is 1.40 bits per heavy atom. The molecule has 3 aromatic rings. The smallest absolute Gasteiger partial charge is 0.322 e. The van der Waals surface area contributed by atoms with E-state index in [1.807, 2.05) is 36.4 Å². The van der Waals surface area contributed by atoms with Crippen molar-refractivity contribution in [2.45, 2.75) is 6.04 Å². The Morgan fingerprint density at radius 1 is 0.833 bits per heavy atom. The Bertz CT molecular complexity index is 932. The summed E-state index contributed by atoms with van der Waals surface area (Å²) in [5.74, 6) is -0.539. The summed E-state index contributed by atoms with van der Waals surface area (Å²) in [6.07, 6.45) is 0. The van der Waals surface area contributed by atoms with Crippen molar-refractivity contribution in [1.82, 2.24) is 9.80 Å². The highest BCUT2D eigenvalue weighted by Crippen LogP contribution is 2.30. The average Bonchev–Trinajstić information content (AvgIpc) is 2.78. The first-order valence-electron chi connectivity index (χ1n) is 9.97. The molecule has 4 nitrogen and oxygen atoms in total. The van der Waals surface area contributed by atoms with E-state index in [-0.39, 0.29) is 22.8 Å². The van der Waals surface area contributed by atoms with Crippen molar-refractivity contribution in [3.8, 4) is 0 Å². The van der Waals surface area contributed by atoms with Gasteiger partial charge in [-0.3, -0.25) is 4.90 Å². The second-order valence-corrected chi connectivity index (χ2v) is 7.68. The first-order valence-corrected chi connectivity index (χ1v) is 10.3. The van der Waals surface area contributed by atoms with Gasteiger partial charge in [0.2, 0.25) is 0 Å². The lowest BCUT2D eigenvalue weighted by Crippen LogP contribution is -2.51. The number of rotatable bonds is 4. The molecule has 0 aromatic heterocycles. The van der Waals surface area contributed by atoms with Crippen LogP contribution in [0.25, 0.3) is 0 Å². The topological polar surface area (TPSA) is 35.6 Å². The molecule has 0 saturated carbocycles. The molecule has 0 radical (unpaired) electrons. The predicted octanol–water partition coefficient (Wildman–Crippen LogP) is 5.42. The molecule has 30 heavy (non-hydrogen) atoms. The zero-order chi connectivity index (χ0) is 20.9. The van der Waals surface area contributed by atoms with E-state index in [4.69, 9.17) is 11.6 Å². The van der Waals surface area contributed by atoms with Crippen LogP contribution in [0.3, 0.4) is 0 Å². The van der Waals surface area contributed by atoms with Gasteiger partial charge in [-0.25, -0.2) is 9.18 Å². The summed E-state index contributed by atoms with van der Waals surface area (Å²) < 4.78 is 14.0. The number of carbonyl (C=O) groups excluding carboxylic acids is 1. The molecule has 154 valence electrons. The number of urea groups is 1. The molecule has 1 saturated heterocycles. The maximum absolute atomic E-state index is 14.0. The van der Waals surface area contributed by atoms with Gasteiger partial charge in [-0.15, -0.1) is 0 Å². The molecular weight excluding hydrogens is 401 g/mol. The average molecular weight is 424 g/mol. The van der Waals surface area contributed by atoms with E-state index in [0.29, 0.717) is 26.2 Å². The van der Waals surface area contributed by atoms with Crippen LogP contribution in [-0.4, -0.2) is 42.0 Å². The fraction of sp³-hybridized carbons (Fsp3) is 0.208. The Kier molecular flexibility index (Phi) is 6.31. The molecule has 0 aliphatic carbocycles. The lowest BCUT2D eigenvalue weighted by atomic mass is 9.96. The van der Waals surface area contributed by atoms with Gasteiger partial charge in [0.1, 0.15) is 5.82 Å². The standard InChI is InChI=1S/C24H23ClFN3O/c25-20-12-7-13-21(26)22(20)27-24(30)29-16-14-28(15-17-29)23(18-8-3-1-4-9-18)19-10-5-2-6-11-19/h1-13,23H,14-17H2,(H,27,30). The maximum atomic E-state index is 14.0. The first-order chi connectivity index (χ1) is 14.6. The van der Waals surface area contributed by atoms with Gasteiger partial charge in [0, 0.05) is 26.2 Å². The van der Waals surface area contributed by atoms with E-state index in [2.05, 4.69) is 34.5 Å². The summed E-state index contributed by atoms with van der Waals surface area (Å²) in [6.45, 7) is 2.53. The van der Waals surface area contributed by atoms with E-state index in [1.54, 1.807) is 11.0 Å². The minimum Gasteiger partial charge on any atom is -0.322 e. The Balaban J connectivity index is 1.46. The quantitative estimate of drug-likeness (QED) is 0.608. The number of hydrogen-bond donors (Lipinski definition) is 1. The van der Waals surface area contributed by atoms with Crippen LogP contribution < -0.4 is 5.32 Å². The molecule has 1 heterocycles. The molecule has 3 aromatic carbocycles. The maximum Gasteiger partial charge on any atom is 0.322 e. The van der Waals surface area contributed by atoms with Crippen molar-refractivity contribution in [3.63, 3.8) is 0 Å². The fourth-order valence-corrected chi connectivity index (χ4v) is 4.08. The van der Waals surface area contributed by atoms with Crippen LogP contribution in [0.5, 0.6) is 0 Å². The van der Waals surface area contributed by atoms with Crippen LogP contribution in [0.4, 0.5) is 14.9 Å². The second kappa shape index (κ2) is 9.28. The molecule has 1 aliphatic rings. The Morgan fingerprint density at radius 3 is 1.93 bits per heavy atom. The van der Waals surface area contributed by atoms with Crippen molar-refractivity contribution in [1.29, 1.82) is 0 Å². The van der Waals surface area contributed by atoms with E-state index >= 15 is 0 Å². The number of anilines is 1. The largest absolute Gasteiger partial charge is 0.322 e. The molecule has 1 fully saturated rings. The van der Waals surface area contributed by atoms with Gasteiger partial charge in [0.05, 0.1) is 16.8 Å². The van der Waals surface area contributed by atoms with E-state index in [9.17, 15) is 9.18 Å². The lowest BCUT2D eigenvalue weighted by Gasteiger charge is -2.39. The number of para-hydroxylation sites is 1. The van der Waals surface area contributed by atoms with Gasteiger partial charge in [-0.1, -0.05) is 78.3 Å². The normalized spacial score (nSPS) is 14.7. The van der Waals surface area contributed by atoms with Crippen molar-refractivity contribution in [3.05, 3.63) is 101 Å². The molecule has 0 unspecified atom stereocenters. The third-order valence-corrected chi connectivity index (χ3v) is 5.71. The Hall–Kier alpha value is -2.89. The number of halogens is 2. The lowest BCUT2D eigenvalue weighted by molar-refractivity contribution is 0.126. The number of amides is 2. The van der Waals surface area contributed by atoms with Crippen LogP contribution in [0.15, 0.2) is 78.9 Å². The molecule has 0 bridgehead atoms. The summed E-state index contributed by atoms with van der Waals surface area (Å²) in [5, 5.41) is 2.81. The third-order valence-electron chi connectivity index (χ3n) is 5.39. The molecule has 2 amide bonds. The van der Waals surface area contributed by atoms with E-state index in [1.165, 1.54) is 23.3 Å². The van der Waals surface area contributed by atoms with Gasteiger partial charge in [-0.05, 0) is 23.3 Å². The zero-order valence-corrected chi connectivity index (χ0v) is 17.2. The van der Waals surface area contributed by atoms with Crippen molar-refractivity contribution in [2.24, 2.45) is 0 Å². The van der Waals surface area contributed by atoms with Crippen molar-refractivity contribution < 1.29 is 9.18 Å². The molecule has 1 N–H and O–H groups in total. The summed E-state index contributed by atoms with van der Waals surface area (Å²) in [4.78, 5) is 16.7. The summed E-state index contributed by atoms with van der Waals surface area (Å²) in [5.41, 5.74) is 2.47. The minimum absolute atomic E-state index is 0.0260. The Labute approximate surface area is 180 Å². The molecule has 6 heteroatoms. The van der Waals surface area contributed by atoms with Gasteiger partial charge in [-0.2, -0.15) is 0 Å². The third kappa shape index (κ3) is 4.48. The number of carbonyl (C=O) groups is 1. The number of hydrogen-bond acceptors (Lipinski definition) is 2. The molecule has 0 spiro atoms. The van der Waals surface area contributed by atoms with Crippen LogP contribution in [0, 0.1) is 5.82 Å². The van der Waals surface area contributed by atoms with Gasteiger partial charge in [0.15, 0.2) is 0 Å². The first kappa shape index (κ1) is 20.4. The highest BCUT2D eigenvalue weighted by Gasteiger charge is 2.28. The zero-order valence-electron chi connectivity index (χ0n) is 16.5. The molecular formula is C24H23ClFN3O. The summed E-state index contributed by atoms with van der Waals surface area (Å²) in [7, 11) is 0. The van der Waals surface area contributed by atoms with Crippen LogP contribution in [0.2, 0.25) is 5.02 Å². The second-order valence-electron chi connectivity index (χ2n) is 7.27. The van der Waals surface area contributed by atoms with Gasteiger partial charge < -0.3 is 10.2 Å². The molecule has 1 aliphatic heterocycles. The number of piperazine rings is 1. The monoisotopic (exact) mass is 423 g/mol. The van der Waals surface area contributed by atoms with Gasteiger partial charge >= 0.3 is 6.03 Å². The summed E-state index contributed by atoms with van der Waals surface area (Å²) in [6, 6.07) is 24.9. The van der Waals surface area contributed by atoms with Gasteiger partial charge in [0.25, 0.3) is 0 Å². The number of benzene rings is 3. The van der Waals surface area contributed by atoms with E-state index in [0.717, 1.165) is 0 Å². The van der Waals surface area contributed by atoms with Crippen LogP contribution in [0.1, 0.15) is 17.2 Å². The summed E-state index contributed by atoms with van der Waals surface area (Å²) >= 11 is 6.03. The van der Waals surface area contributed by atoms with Crippen molar-refractivity contribution in [2.75, 3.05) is 31.5 Å². The number of nitrogens with one attached hydrogen (secondary N) is 1. The highest BCUT2D eigenvalue weighted by molar-refractivity contribution is 6.33. The fourth-order valence-electron chi connectivity index (χ4n) is 3.87. The number of nitrogens with zero attached hydrogens (tertiary/aromatic N) is 2. The SMILES string of the molecule is O=C(Nc1c(F)cccc1Cl)N1CCN(C(c2ccccc2)c2ccccc2)CC1. The van der Waals surface area contributed by atoms with Crippen LogP contribution >= 0.6 is 11.6 Å². The molecule has 0 atom stereocenters. The van der Waals surface area contributed by atoms with Crippen LogP contribution in [-0.2, 0) is 0 Å². The highest BCUT2D eigenvalue weighted by atomic mass is 35.5. The molecule has 4 rings (SSSR count).